The summed E-state index contributed by atoms with van der Waals surface area (Å²) in [6, 6.07) is 3.87. The maximum Gasteiger partial charge on any atom is 0.330 e. The Hall–Kier alpha value is -0.840. The lowest BCUT2D eigenvalue weighted by Crippen LogP contribution is -1.92. The number of carbonyl (C=O) groups excluding carboxylic acids is 1. The number of nitrogens with two attached hydrogens (primary N) is 1. The minimum absolute atomic E-state index is 0. The summed E-state index contributed by atoms with van der Waals surface area (Å²) in [6.45, 7) is 0.538. The molecular formula is C9H12ClNO2S. The van der Waals surface area contributed by atoms with Crippen LogP contribution in [0.2, 0.25) is 0 Å². The van der Waals surface area contributed by atoms with Gasteiger partial charge >= 0.3 is 5.97 Å². The fraction of sp³-hybridized carbons (Fsp3) is 0.222. The molecule has 0 amide bonds. The molecule has 0 aromatic carbocycles. The third-order valence-corrected chi connectivity index (χ3v) is 2.54. The van der Waals surface area contributed by atoms with Crippen LogP contribution in [0.15, 0.2) is 18.2 Å². The Balaban J connectivity index is 0.00000169. The van der Waals surface area contributed by atoms with Crippen LogP contribution in [0.25, 0.3) is 6.08 Å². The van der Waals surface area contributed by atoms with Crippen molar-refractivity contribution in [1.29, 1.82) is 0 Å². The fourth-order valence-electron chi connectivity index (χ4n) is 0.812. The van der Waals surface area contributed by atoms with E-state index in [4.69, 9.17) is 5.73 Å². The van der Waals surface area contributed by atoms with Crippen LogP contribution in [0.4, 0.5) is 0 Å². The molecule has 1 aromatic rings. The quantitative estimate of drug-likeness (QED) is 0.640. The van der Waals surface area contributed by atoms with Crippen molar-refractivity contribution in [3.8, 4) is 0 Å². The average molecular weight is 234 g/mol. The lowest BCUT2D eigenvalue weighted by atomic mass is 10.4. The van der Waals surface area contributed by atoms with Gasteiger partial charge in [-0.05, 0) is 18.2 Å². The lowest BCUT2D eigenvalue weighted by Gasteiger charge is -1.88. The molecule has 78 valence electrons. The molecule has 0 fully saturated rings. The van der Waals surface area contributed by atoms with E-state index in [1.54, 1.807) is 17.4 Å². The number of rotatable bonds is 3. The highest BCUT2D eigenvalue weighted by Gasteiger charge is 1.96. The van der Waals surface area contributed by atoms with Gasteiger partial charge in [-0.25, -0.2) is 4.79 Å². The summed E-state index contributed by atoms with van der Waals surface area (Å²) in [6.07, 6.45) is 3.11. The molecule has 0 atom stereocenters. The number of hydrogen-bond acceptors (Lipinski definition) is 4. The van der Waals surface area contributed by atoms with Crippen molar-refractivity contribution in [2.75, 3.05) is 7.11 Å². The topological polar surface area (TPSA) is 52.3 Å². The summed E-state index contributed by atoms with van der Waals surface area (Å²) in [5, 5.41) is 0. The first-order valence-corrected chi connectivity index (χ1v) is 4.62. The van der Waals surface area contributed by atoms with Crippen LogP contribution in [0, 0.1) is 0 Å². The summed E-state index contributed by atoms with van der Waals surface area (Å²) in [4.78, 5) is 12.8. The van der Waals surface area contributed by atoms with Crippen molar-refractivity contribution in [2.45, 2.75) is 6.54 Å². The molecule has 1 aromatic heterocycles. The number of carbonyl (C=O) groups is 1. The van der Waals surface area contributed by atoms with E-state index in [9.17, 15) is 4.79 Å². The smallest absolute Gasteiger partial charge is 0.330 e. The first kappa shape index (κ1) is 13.2. The SMILES string of the molecule is COC(=O)/C=C/c1ccc(CN)s1.Cl. The van der Waals surface area contributed by atoms with E-state index in [0.717, 1.165) is 9.75 Å². The van der Waals surface area contributed by atoms with Gasteiger partial charge in [0.25, 0.3) is 0 Å². The number of esters is 1. The van der Waals surface area contributed by atoms with Crippen molar-refractivity contribution >= 4 is 35.8 Å². The molecule has 5 heteroatoms. The number of halogens is 1. The van der Waals surface area contributed by atoms with Gasteiger partial charge in [0.05, 0.1) is 7.11 Å². The summed E-state index contributed by atoms with van der Waals surface area (Å²) in [5.41, 5.74) is 5.44. The van der Waals surface area contributed by atoms with Crippen molar-refractivity contribution in [3.05, 3.63) is 28.0 Å². The van der Waals surface area contributed by atoms with Crippen molar-refractivity contribution < 1.29 is 9.53 Å². The zero-order valence-electron chi connectivity index (χ0n) is 7.73. The maximum absolute atomic E-state index is 10.7. The molecular weight excluding hydrogens is 222 g/mol. The minimum atomic E-state index is -0.345. The van der Waals surface area contributed by atoms with E-state index in [1.807, 2.05) is 12.1 Å². The molecule has 0 aliphatic rings. The van der Waals surface area contributed by atoms with Gasteiger partial charge in [-0.2, -0.15) is 0 Å². The fourth-order valence-corrected chi connectivity index (χ4v) is 1.61. The van der Waals surface area contributed by atoms with Crippen LogP contribution < -0.4 is 5.73 Å². The van der Waals surface area contributed by atoms with E-state index >= 15 is 0 Å². The van der Waals surface area contributed by atoms with Crippen LogP contribution in [0.3, 0.4) is 0 Å². The number of thiophene rings is 1. The zero-order valence-corrected chi connectivity index (χ0v) is 9.36. The second kappa shape index (κ2) is 6.59. The molecule has 3 nitrogen and oxygen atoms in total. The Morgan fingerprint density at radius 2 is 2.36 bits per heavy atom. The van der Waals surface area contributed by atoms with Gasteiger partial charge < -0.3 is 10.5 Å². The summed E-state index contributed by atoms with van der Waals surface area (Å²) < 4.78 is 4.46. The Morgan fingerprint density at radius 1 is 1.64 bits per heavy atom. The Labute approximate surface area is 93.0 Å². The van der Waals surface area contributed by atoms with Gasteiger partial charge in [-0.3, -0.25) is 0 Å². The third kappa shape index (κ3) is 3.91. The molecule has 0 unspecified atom stereocenters. The molecule has 1 rings (SSSR count). The summed E-state index contributed by atoms with van der Waals surface area (Å²) >= 11 is 1.57. The predicted octanol–water partition coefficient (Wildman–Crippen LogP) is 1.81. The standard InChI is InChI=1S/C9H11NO2S.ClH/c1-12-9(11)5-4-7-2-3-8(6-10)13-7;/h2-5H,6,10H2,1H3;1H/b5-4+;. The van der Waals surface area contributed by atoms with E-state index in [-0.39, 0.29) is 18.4 Å². The Kier molecular flexibility index (Phi) is 6.19. The molecule has 0 spiro atoms. The first-order valence-electron chi connectivity index (χ1n) is 3.81. The van der Waals surface area contributed by atoms with Crippen LogP contribution in [-0.4, -0.2) is 13.1 Å². The highest BCUT2D eigenvalue weighted by atomic mass is 35.5. The zero-order chi connectivity index (χ0) is 9.68. The molecule has 1 heterocycles. The summed E-state index contributed by atoms with van der Waals surface area (Å²) in [7, 11) is 1.35. The van der Waals surface area contributed by atoms with Crippen LogP contribution >= 0.6 is 23.7 Å². The van der Waals surface area contributed by atoms with Gasteiger partial charge in [0.1, 0.15) is 0 Å². The Morgan fingerprint density at radius 3 is 2.86 bits per heavy atom. The molecule has 0 aliphatic heterocycles. The van der Waals surface area contributed by atoms with E-state index in [1.165, 1.54) is 13.2 Å². The first-order chi connectivity index (χ1) is 6.26. The second-order valence-corrected chi connectivity index (χ2v) is 3.56. The predicted molar refractivity (Wildman–Crippen MR) is 60.5 cm³/mol. The van der Waals surface area contributed by atoms with Crippen molar-refractivity contribution in [2.24, 2.45) is 5.73 Å². The normalized spacial score (nSPS) is 9.86. The van der Waals surface area contributed by atoms with Gasteiger partial charge in [0.2, 0.25) is 0 Å². The van der Waals surface area contributed by atoms with E-state index < -0.39 is 0 Å². The van der Waals surface area contributed by atoms with Crippen LogP contribution in [0.5, 0.6) is 0 Å². The number of hydrogen-bond donors (Lipinski definition) is 1. The number of ether oxygens (including phenoxy) is 1. The van der Waals surface area contributed by atoms with Crippen LogP contribution in [-0.2, 0) is 16.1 Å². The van der Waals surface area contributed by atoms with Gasteiger partial charge in [0, 0.05) is 22.4 Å². The van der Waals surface area contributed by atoms with Crippen molar-refractivity contribution in [3.63, 3.8) is 0 Å². The third-order valence-electron chi connectivity index (χ3n) is 1.47. The maximum atomic E-state index is 10.7. The Bertz CT molecular complexity index is 322. The average Bonchev–Trinajstić information content (AvgIpc) is 2.61. The van der Waals surface area contributed by atoms with E-state index in [0.29, 0.717) is 6.54 Å². The molecule has 0 radical (unpaired) electrons. The highest BCUT2D eigenvalue weighted by Crippen LogP contribution is 2.16. The van der Waals surface area contributed by atoms with Gasteiger partial charge in [0.15, 0.2) is 0 Å². The van der Waals surface area contributed by atoms with Crippen LogP contribution in [0.1, 0.15) is 9.75 Å². The number of methoxy groups -OCH3 is 1. The summed E-state index contributed by atoms with van der Waals surface area (Å²) in [5.74, 6) is -0.345. The molecule has 0 bridgehead atoms. The minimum Gasteiger partial charge on any atom is -0.466 e. The highest BCUT2D eigenvalue weighted by molar-refractivity contribution is 7.12. The monoisotopic (exact) mass is 233 g/mol. The molecule has 0 saturated carbocycles. The van der Waals surface area contributed by atoms with Gasteiger partial charge in [-0.15, -0.1) is 23.7 Å². The second-order valence-electron chi connectivity index (χ2n) is 2.36. The molecule has 14 heavy (non-hydrogen) atoms. The van der Waals surface area contributed by atoms with E-state index in [2.05, 4.69) is 4.74 Å². The van der Waals surface area contributed by atoms with Gasteiger partial charge in [-0.1, -0.05) is 0 Å². The molecule has 2 N–H and O–H groups in total. The molecule has 0 saturated heterocycles. The largest absolute Gasteiger partial charge is 0.466 e. The lowest BCUT2D eigenvalue weighted by molar-refractivity contribution is -0.134. The van der Waals surface area contributed by atoms with Crippen molar-refractivity contribution in [1.82, 2.24) is 0 Å². The molecule has 0 aliphatic carbocycles.